The molecule has 1 aliphatic rings. The summed E-state index contributed by atoms with van der Waals surface area (Å²) < 4.78 is 31.0. The summed E-state index contributed by atoms with van der Waals surface area (Å²) in [5.74, 6) is -1.00. The zero-order valence-electron chi connectivity index (χ0n) is 11.6. The molecule has 1 saturated heterocycles. The maximum Gasteiger partial charge on any atom is 0.421 e. The molecule has 0 aromatic heterocycles. The third kappa shape index (κ3) is 3.60. The molecule has 2 N–H and O–H groups in total. The molecule has 116 valence electrons. The molecule has 20 heavy (non-hydrogen) atoms. The van der Waals surface area contributed by atoms with Crippen LogP contribution in [0.1, 0.15) is 32.6 Å². The van der Waals surface area contributed by atoms with Crippen molar-refractivity contribution < 1.29 is 27.9 Å². The van der Waals surface area contributed by atoms with E-state index in [2.05, 4.69) is 4.74 Å². The number of nitrogens with zero attached hydrogens (tertiary/aromatic N) is 1. The summed E-state index contributed by atoms with van der Waals surface area (Å²) >= 11 is 0. The van der Waals surface area contributed by atoms with Crippen LogP contribution in [0.5, 0.6) is 0 Å². The number of carbonyl (C=O) groups excluding carboxylic acids is 1. The summed E-state index contributed by atoms with van der Waals surface area (Å²) in [6.45, 7) is 1.90. The van der Waals surface area contributed by atoms with Crippen LogP contribution in [0.25, 0.3) is 0 Å². The van der Waals surface area contributed by atoms with Gasteiger partial charge in [-0.05, 0) is 19.3 Å². The number of aliphatic carboxylic acids is 1. The zero-order valence-corrected chi connectivity index (χ0v) is 12.4. The highest BCUT2D eigenvalue weighted by Gasteiger charge is 2.44. The van der Waals surface area contributed by atoms with Gasteiger partial charge < -0.3 is 9.84 Å². The van der Waals surface area contributed by atoms with Crippen molar-refractivity contribution in [2.45, 2.75) is 32.6 Å². The van der Waals surface area contributed by atoms with Crippen molar-refractivity contribution in [3.8, 4) is 0 Å². The quantitative estimate of drug-likeness (QED) is 0.767. The molecule has 1 fully saturated rings. The van der Waals surface area contributed by atoms with E-state index in [1.165, 1.54) is 0 Å². The van der Waals surface area contributed by atoms with Gasteiger partial charge in [0.15, 0.2) is 0 Å². The molecule has 1 amide bonds. The van der Waals surface area contributed by atoms with E-state index in [4.69, 9.17) is 0 Å². The van der Waals surface area contributed by atoms with E-state index in [1.54, 1.807) is 4.72 Å². The molecule has 0 aromatic carbocycles. The fraction of sp³-hybridized carbons (Fsp3) is 0.818. The van der Waals surface area contributed by atoms with Crippen molar-refractivity contribution in [1.82, 2.24) is 9.03 Å². The largest absolute Gasteiger partial charge is 0.481 e. The number of amides is 1. The Kier molecular flexibility index (Phi) is 5.35. The van der Waals surface area contributed by atoms with Gasteiger partial charge in [0.2, 0.25) is 0 Å². The van der Waals surface area contributed by atoms with E-state index < -0.39 is 27.7 Å². The standard InChI is InChI=1S/C11H20N2O6S/c1-3-5-11(9(14)15)6-4-7-13(8-11)20(17,18)12-10(16)19-2/h3-8H2,1-2H3,(H,12,16)(H,14,15). The molecule has 0 radical (unpaired) electrons. The average molecular weight is 308 g/mol. The predicted molar refractivity (Wildman–Crippen MR) is 70.2 cm³/mol. The number of carboxylic acids is 1. The molecule has 0 aromatic rings. The maximum absolute atomic E-state index is 12.0. The van der Waals surface area contributed by atoms with Crippen LogP contribution >= 0.6 is 0 Å². The van der Waals surface area contributed by atoms with Crippen LogP contribution in [0.15, 0.2) is 0 Å². The van der Waals surface area contributed by atoms with Gasteiger partial charge in [0.1, 0.15) is 0 Å². The monoisotopic (exact) mass is 308 g/mol. The molecule has 1 atom stereocenters. The molecule has 1 rings (SSSR count). The van der Waals surface area contributed by atoms with Gasteiger partial charge in [0, 0.05) is 13.1 Å². The molecule has 8 nitrogen and oxygen atoms in total. The van der Waals surface area contributed by atoms with Crippen LogP contribution in [0, 0.1) is 5.41 Å². The number of hydrogen-bond acceptors (Lipinski definition) is 5. The van der Waals surface area contributed by atoms with Gasteiger partial charge in [-0.1, -0.05) is 13.3 Å². The minimum atomic E-state index is -4.07. The van der Waals surface area contributed by atoms with Crippen molar-refractivity contribution >= 4 is 22.3 Å². The Morgan fingerprint density at radius 2 is 2.10 bits per heavy atom. The van der Waals surface area contributed by atoms with Crippen molar-refractivity contribution in [2.75, 3.05) is 20.2 Å². The summed E-state index contributed by atoms with van der Waals surface area (Å²) in [6, 6.07) is 0. The van der Waals surface area contributed by atoms with Gasteiger partial charge in [0.25, 0.3) is 0 Å². The highest BCUT2D eigenvalue weighted by atomic mass is 32.2. The number of nitrogens with one attached hydrogen (secondary N) is 1. The topological polar surface area (TPSA) is 113 Å². The fourth-order valence-corrected chi connectivity index (χ4v) is 3.68. The normalized spacial score (nSPS) is 24.1. The Morgan fingerprint density at radius 3 is 2.60 bits per heavy atom. The second-order valence-electron chi connectivity index (χ2n) is 4.87. The number of piperidine rings is 1. The maximum atomic E-state index is 12.0. The molecule has 1 aliphatic heterocycles. The SMILES string of the molecule is CCCC1(C(=O)O)CCCN(S(=O)(=O)NC(=O)OC)C1. The molecule has 0 aliphatic carbocycles. The number of rotatable bonds is 5. The van der Waals surface area contributed by atoms with Gasteiger partial charge in [-0.3, -0.25) is 4.79 Å². The van der Waals surface area contributed by atoms with Crippen molar-refractivity contribution in [3.63, 3.8) is 0 Å². The zero-order chi connectivity index (χ0) is 15.4. The lowest BCUT2D eigenvalue weighted by Gasteiger charge is -2.38. The average Bonchev–Trinajstić information content (AvgIpc) is 2.38. The lowest BCUT2D eigenvalue weighted by atomic mass is 9.77. The molecule has 0 bridgehead atoms. The number of hydrogen-bond donors (Lipinski definition) is 2. The summed E-state index contributed by atoms with van der Waals surface area (Å²) in [5.41, 5.74) is -1.09. The third-order valence-electron chi connectivity index (χ3n) is 3.46. The molecule has 9 heteroatoms. The van der Waals surface area contributed by atoms with Crippen LogP contribution in [0.3, 0.4) is 0 Å². The van der Waals surface area contributed by atoms with Crippen LogP contribution in [-0.4, -0.2) is 50.1 Å². The Bertz CT molecular complexity index is 473. The number of carboxylic acid groups (broad SMARTS) is 1. The van der Waals surface area contributed by atoms with Crippen molar-refractivity contribution in [2.24, 2.45) is 5.41 Å². The first-order valence-electron chi connectivity index (χ1n) is 6.36. The van der Waals surface area contributed by atoms with Crippen molar-refractivity contribution in [1.29, 1.82) is 0 Å². The molecule has 0 spiro atoms. The Labute approximate surface area is 118 Å². The second-order valence-corrected chi connectivity index (χ2v) is 6.54. The van der Waals surface area contributed by atoms with Crippen LogP contribution in [-0.2, 0) is 19.7 Å². The van der Waals surface area contributed by atoms with E-state index >= 15 is 0 Å². The van der Waals surface area contributed by atoms with Crippen molar-refractivity contribution in [3.05, 3.63) is 0 Å². The number of methoxy groups -OCH3 is 1. The Morgan fingerprint density at radius 1 is 1.45 bits per heavy atom. The first-order valence-corrected chi connectivity index (χ1v) is 7.80. The van der Waals surface area contributed by atoms with Gasteiger partial charge >= 0.3 is 22.3 Å². The Hall–Kier alpha value is -1.35. The Balaban J connectivity index is 2.92. The van der Waals surface area contributed by atoms with E-state index in [9.17, 15) is 23.1 Å². The van der Waals surface area contributed by atoms with Gasteiger partial charge in [-0.2, -0.15) is 12.7 Å². The first-order chi connectivity index (χ1) is 9.27. The summed E-state index contributed by atoms with van der Waals surface area (Å²) in [7, 11) is -3.02. The minimum absolute atomic E-state index is 0.136. The molecular formula is C11H20N2O6S. The molecule has 1 unspecified atom stereocenters. The fourth-order valence-electron chi connectivity index (χ4n) is 2.47. The van der Waals surface area contributed by atoms with Crippen LogP contribution in [0.2, 0.25) is 0 Å². The second kappa shape index (κ2) is 6.40. The van der Waals surface area contributed by atoms with E-state index in [0.29, 0.717) is 25.7 Å². The van der Waals surface area contributed by atoms with E-state index in [1.807, 2.05) is 6.92 Å². The van der Waals surface area contributed by atoms with E-state index in [0.717, 1.165) is 11.4 Å². The lowest BCUT2D eigenvalue weighted by Crippen LogP contribution is -2.53. The minimum Gasteiger partial charge on any atom is -0.481 e. The van der Waals surface area contributed by atoms with Gasteiger partial charge in [0.05, 0.1) is 12.5 Å². The van der Waals surface area contributed by atoms with Gasteiger partial charge in [-0.15, -0.1) is 0 Å². The molecule has 0 saturated carbocycles. The summed E-state index contributed by atoms with van der Waals surface area (Å²) in [6.07, 6.45) is 0.818. The van der Waals surface area contributed by atoms with Crippen LogP contribution in [0.4, 0.5) is 4.79 Å². The first kappa shape index (κ1) is 16.7. The highest BCUT2D eigenvalue weighted by molar-refractivity contribution is 7.87. The van der Waals surface area contributed by atoms with Crippen LogP contribution < -0.4 is 4.72 Å². The number of carbonyl (C=O) groups is 2. The predicted octanol–water partition coefficient (Wildman–Crippen LogP) is 0.554. The highest BCUT2D eigenvalue weighted by Crippen LogP contribution is 2.35. The summed E-state index contributed by atoms with van der Waals surface area (Å²) in [4.78, 5) is 22.5. The third-order valence-corrected chi connectivity index (χ3v) is 4.88. The van der Waals surface area contributed by atoms with E-state index in [-0.39, 0.29) is 13.1 Å². The lowest BCUT2D eigenvalue weighted by molar-refractivity contribution is -0.151. The molecule has 1 heterocycles. The smallest absolute Gasteiger partial charge is 0.421 e. The molecular weight excluding hydrogens is 288 g/mol. The number of ether oxygens (including phenoxy) is 1. The summed E-state index contributed by atoms with van der Waals surface area (Å²) in [5, 5.41) is 9.40. The van der Waals surface area contributed by atoms with Gasteiger partial charge in [-0.25, -0.2) is 9.52 Å².